The molecule has 2 N–H and O–H groups in total. The monoisotopic (exact) mass is 335 g/mol. The molecule has 0 aliphatic rings. The number of nitrogen functional groups attached to an aromatic ring is 1. The second-order valence-corrected chi connectivity index (χ2v) is 5.30. The van der Waals surface area contributed by atoms with Gasteiger partial charge in [0.1, 0.15) is 12.0 Å². The summed E-state index contributed by atoms with van der Waals surface area (Å²) < 4.78 is 7.34. The normalized spacial score (nSPS) is 10.7. The highest BCUT2D eigenvalue weighted by atomic mass is 35.5. The Labute approximate surface area is 136 Å². The number of hydrogen-bond acceptors (Lipinski definition) is 5. The van der Waals surface area contributed by atoms with Crippen LogP contribution in [-0.4, -0.2) is 19.7 Å². The van der Waals surface area contributed by atoms with E-state index >= 15 is 0 Å². The van der Waals surface area contributed by atoms with Gasteiger partial charge in [-0.2, -0.15) is 10.1 Å². The smallest absolute Gasteiger partial charge is 0.249 e. The van der Waals surface area contributed by atoms with Crippen molar-refractivity contribution in [3.8, 4) is 17.4 Å². The molecule has 0 atom stereocenters. The van der Waals surface area contributed by atoms with Gasteiger partial charge >= 0.3 is 0 Å². The summed E-state index contributed by atoms with van der Waals surface area (Å²) in [6.07, 6.45) is 1.28. The van der Waals surface area contributed by atoms with E-state index in [1.807, 2.05) is 19.1 Å². The van der Waals surface area contributed by atoms with Crippen molar-refractivity contribution in [3.05, 3.63) is 52.5 Å². The van der Waals surface area contributed by atoms with Crippen LogP contribution in [0.4, 0.5) is 5.69 Å². The maximum absolute atomic E-state index is 6.02. The molecule has 0 unspecified atom stereocenters. The quantitative estimate of drug-likeness (QED) is 0.739. The number of hydrogen-bond donors (Lipinski definition) is 1. The first-order valence-corrected chi connectivity index (χ1v) is 7.06. The standard InChI is InChI=1S/C14H11Cl2N5O/c1-8-5-11(22-14-12(17)13(16)18-7-19-14)21(20-8)10-4-2-3-9(15)6-10/h2-7H,17H2,1H3. The fourth-order valence-corrected chi connectivity index (χ4v) is 2.19. The van der Waals surface area contributed by atoms with Crippen LogP contribution in [0.3, 0.4) is 0 Å². The van der Waals surface area contributed by atoms with Crippen LogP contribution in [0.1, 0.15) is 5.69 Å². The molecule has 0 saturated heterocycles. The van der Waals surface area contributed by atoms with Crippen LogP contribution in [0.5, 0.6) is 11.8 Å². The van der Waals surface area contributed by atoms with Crippen molar-refractivity contribution in [1.29, 1.82) is 0 Å². The zero-order valence-corrected chi connectivity index (χ0v) is 13.0. The second-order valence-electron chi connectivity index (χ2n) is 4.50. The highest BCUT2D eigenvalue weighted by molar-refractivity contribution is 6.32. The van der Waals surface area contributed by atoms with E-state index in [-0.39, 0.29) is 16.7 Å². The van der Waals surface area contributed by atoms with Gasteiger partial charge in [0.25, 0.3) is 0 Å². The van der Waals surface area contributed by atoms with Crippen LogP contribution in [0.2, 0.25) is 10.2 Å². The van der Waals surface area contributed by atoms with Gasteiger partial charge in [0.2, 0.25) is 11.8 Å². The minimum Gasteiger partial charge on any atom is -0.418 e. The number of halogens is 2. The lowest BCUT2D eigenvalue weighted by Gasteiger charge is -2.10. The molecule has 0 fully saturated rings. The van der Waals surface area contributed by atoms with Crippen molar-refractivity contribution in [2.45, 2.75) is 6.92 Å². The number of aromatic nitrogens is 4. The molecule has 0 amide bonds. The Morgan fingerprint density at radius 2 is 2.00 bits per heavy atom. The zero-order valence-electron chi connectivity index (χ0n) is 11.5. The van der Waals surface area contributed by atoms with E-state index in [4.69, 9.17) is 33.7 Å². The average Bonchev–Trinajstić information content (AvgIpc) is 2.85. The van der Waals surface area contributed by atoms with Gasteiger partial charge in [-0.25, -0.2) is 9.67 Å². The van der Waals surface area contributed by atoms with Gasteiger partial charge in [0.15, 0.2) is 5.15 Å². The van der Waals surface area contributed by atoms with E-state index in [1.54, 1.807) is 22.9 Å². The highest BCUT2D eigenvalue weighted by Crippen LogP contribution is 2.30. The number of ether oxygens (including phenoxy) is 1. The van der Waals surface area contributed by atoms with Crippen LogP contribution in [-0.2, 0) is 0 Å². The number of benzene rings is 1. The fourth-order valence-electron chi connectivity index (χ4n) is 1.88. The summed E-state index contributed by atoms with van der Waals surface area (Å²) in [6, 6.07) is 9.01. The lowest BCUT2D eigenvalue weighted by molar-refractivity contribution is 0.429. The maximum atomic E-state index is 6.02. The molecule has 0 aliphatic heterocycles. The van der Waals surface area contributed by atoms with Crippen LogP contribution < -0.4 is 10.5 Å². The molecule has 0 saturated carbocycles. The van der Waals surface area contributed by atoms with Gasteiger partial charge in [-0.1, -0.05) is 29.3 Å². The van der Waals surface area contributed by atoms with E-state index < -0.39 is 0 Å². The average molecular weight is 336 g/mol. The number of aryl methyl sites for hydroxylation is 1. The molecule has 1 aromatic carbocycles. The Bertz CT molecular complexity index is 834. The molecule has 6 nitrogen and oxygen atoms in total. The summed E-state index contributed by atoms with van der Waals surface area (Å²) in [5, 5.41) is 5.12. The molecule has 8 heteroatoms. The topological polar surface area (TPSA) is 78.9 Å². The van der Waals surface area contributed by atoms with Gasteiger partial charge in [0, 0.05) is 11.1 Å². The molecule has 0 bridgehead atoms. The summed E-state index contributed by atoms with van der Waals surface area (Å²) in [7, 11) is 0. The van der Waals surface area contributed by atoms with Crippen molar-refractivity contribution in [2.24, 2.45) is 0 Å². The van der Waals surface area contributed by atoms with E-state index in [9.17, 15) is 0 Å². The molecule has 0 radical (unpaired) electrons. The van der Waals surface area contributed by atoms with Crippen molar-refractivity contribution < 1.29 is 4.74 Å². The summed E-state index contributed by atoms with van der Waals surface area (Å²) >= 11 is 11.9. The van der Waals surface area contributed by atoms with Gasteiger partial charge < -0.3 is 10.5 Å². The summed E-state index contributed by atoms with van der Waals surface area (Å²) in [5.41, 5.74) is 7.52. The summed E-state index contributed by atoms with van der Waals surface area (Å²) in [6.45, 7) is 1.85. The third kappa shape index (κ3) is 2.84. The van der Waals surface area contributed by atoms with E-state index in [2.05, 4.69) is 15.1 Å². The van der Waals surface area contributed by atoms with Crippen molar-refractivity contribution in [2.75, 3.05) is 5.73 Å². The molecule has 22 heavy (non-hydrogen) atoms. The van der Waals surface area contributed by atoms with Crippen LogP contribution in [0, 0.1) is 6.92 Å². The fraction of sp³-hybridized carbons (Fsp3) is 0.0714. The Kier molecular flexibility index (Phi) is 3.87. The van der Waals surface area contributed by atoms with E-state index in [0.29, 0.717) is 10.9 Å². The predicted octanol–water partition coefficient (Wildman–Crippen LogP) is 3.65. The zero-order chi connectivity index (χ0) is 15.7. The molecule has 112 valence electrons. The highest BCUT2D eigenvalue weighted by Gasteiger charge is 2.14. The van der Waals surface area contributed by atoms with Gasteiger partial charge in [-0.05, 0) is 25.1 Å². The largest absolute Gasteiger partial charge is 0.418 e. The first kappa shape index (κ1) is 14.6. The molecule has 3 rings (SSSR count). The number of anilines is 1. The molecular formula is C14H11Cl2N5O. The first-order valence-electron chi connectivity index (χ1n) is 6.31. The first-order chi connectivity index (χ1) is 10.5. The third-order valence-electron chi connectivity index (χ3n) is 2.85. The van der Waals surface area contributed by atoms with Crippen LogP contribution in [0.25, 0.3) is 5.69 Å². The number of rotatable bonds is 3. The van der Waals surface area contributed by atoms with Crippen molar-refractivity contribution >= 4 is 28.9 Å². The third-order valence-corrected chi connectivity index (χ3v) is 3.39. The Morgan fingerprint density at radius 1 is 1.18 bits per heavy atom. The molecule has 0 aliphatic carbocycles. The summed E-state index contributed by atoms with van der Waals surface area (Å²) in [4.78, 5) is 7.77. The van der Waals surface area contributed by atoms with E-state index in [0.717, 1.165) is 11.4 Å². The predicted molar refractivity (Wildman–Crippen MR) is 84.8 cm³/mol. The molecular weight excluding hydrogens is 325 g/mol. The Morgan fingerprint density at radius 3 is 2.77 bits per heavy atom. The second kappa shape index (κ2) is 5.82. The minimum absolute atomic E-state index is 0.135. The van der Waals surface area contributed by atoms with Crippen LogP contribution in [0.15, 0.2) is 36.7 Å². The lowest BCUT2D eigenvalue weighted by Crippen LogP contribution is -2.02. The molecule has 2 heterocycles. The number of nitrogens with zero attached hydrogens (tertiary/aromatic N) is 4. The summed E-state index contributed by atoms with van der Waals surface area (Å²) in [5.74, 6) is 0.615. The Balaban J connectivity index is 2.03. The molecule has 2 aromatic heterocycles. The van der Waals surface area contributed by atoms with Gasteiger partial charge in [0.05, 0.1) is 11.4 Å². The molecule has 3 aromatic rings. The van der Waals surface area contributed by atoms with Crippen molar-refractivity contribution in [1.82, 2.24) is 19.7 Å². The van der Waals surface area contributed by atoms with E-state index in [1.165, 1.54) is 6.33 Å². The lowest BCUT2D eigenvalue weighted by atomic mass is 10.3. The maximum Gasteiger partial charge on any atom is 0.249 e. The SMILES string of the molecule is Cc1cc(Oc2ncnc(Cl)c2N)n(-c2cccc(Cl)c2)n1. The number of nitrogens with two attached hydrogens (primary N) is 1. The van der Waals surface area contributed by atoms with Crippen LogP contribution >= 0.6 is 23.2 Å². The Hall–Kier alpha value is -2.31. The minimum atomic E-state index is 0.135. The van der Waals surface area contributed by atoms with Gasteiger partial charge in [-0.3, -0.25) is 0 Å². The van der Waals surface area contributed by atoms with Gasteiger partial charge in [-0.15, -0.1) is 0 Å². The molecule has 0 spiro atoms. The van der Waals surface area contributed by atoms with Crippen molar-refractivity contribution in [3.63, 3.8) is 0 Å².